The van der Waals surface area contributed by atoms with E-state index in [1.165, 1.54) is 24.6 Å². The number of amides is 1. The normalized spacial score (nSPS) is 15.7. The molecule has 1 fully saturated rings. The summed E-state index contributed by atoms with van der Waals surface area (Å²) in [5.74, 6) is 1.51. The highest BCUT2D eigenvalue weighted by molar-refractivity contribution is 8.00. The first-order valence-corrected chi connectivity index (χ1v) is 8.78. The maximum atomic E-state index is 12.1. The number of aromatic nitrogens is 2. The quantitative estimate of drug-likeness (QED) is 0.654. The maximum Gasteiger partial charge on any atom is 0.233 e. The molecule has 1 heterocycles. The largest absolute Gasteiger partial charge is 0.355 e. The highest BCUT2D eigenvalue weighted by Gasteiger charge is 2.28. The number of nitrogens with one attached hydrogen (secondary N) is 1. The molecule has 0 spiro atoms. The summed E-state index contributed by atoms with van der Waals surface area (Å²) in [5.41, 5.74) is 0.975. The molecule has 0 radical (unpaired) electrons. The van der Waals surface area contributed by atoms with Crippen LogP contribution in [-0.4, -0.2) is 27.7 Å². The van der Waals surface area contributed by atoms with Crippen molar-refractivity contribution < 1.29 is 4.79 Å². The van der Waals surface area contributed by atoms with Crippen LogP contribution < -0.4 is 5.32 Å². The lowest BCUT2D eigenvalue weighted by Crippen LogP contribution is -2.31. The molecular weight excluding hydrogens is 294 g/mol. The zero-order valence-electron chi connectivity index (χ0n) is 13.0. The lowest BCUT2D eigenvalue weighted by Gasteiger charge is -2.13. The van der Waals surface area contributed by atoms with Gasteiger partial charge in [-0.2, -0.15) is 0 Å². The Morgan fingerprint density at radius 2 is 2.14 bits per heavy atom. The monoisotopic (exact) mass is 315 g/mol. The molecule has 1 aromatic carbocycles. The molecule has 5 heteroatoms. The van der Waals surface area contributed by atoms with E-state index in [0.29, 0.717) is 5.92 Å². The smallest absolute Gasteiger partial charge is 0.233 e. The van der Waals surface area contributed by atoms with Crippen molar-refractivity contribution in [3.63, 3.8) is 0 Å². The van der Waals surface area contributed by atoms with Gasteiger partial charge >= 0.3 is 0 Å². The molecule has 1 amide bonds. The molecule has 1 aliphatic rings. The Hall–Kier alpha value is -1.62. The summed E-state index contributed by atoms with van der Waals surface area (Å²) in [6.45, 7) is 4.71. The van der Waals surface area contributed by atoms with E-state index in [1.807, 2.05) is 31.2 Å². The molecule has 0 aliphatic heterocycles. The van der Waals surface area contributed by atoms with Crippen molar-refractivity contribution in [2.45, 2.75) is 49.3 Å². The summed E-state index contributed by atoms with van der Waals surface area (Å²) < 4.78 is 0. The Labute approximate surface area is 135 Å². The van der Waals surface area contributed by atoms with Gasteiger partial charge in [0.05, 0.1) is 10.8 Å². The SMILES string of the molecule is CCCNC(=O)[C@@H](C)Sc1nc(C2CC2)nc2ccccc12. The number of para-hydroxylation sites is 1. The van der Waals surface area contributed by atoms with E-state index in [2.05, 4.69) is 17.2 Å². The number of nitrogens with zero attached hydrogens (tertiary/aromatic N) is 2. The molecule has 116 valence electrons. The highest BCUT2D eigenvalue weighted by Crippen LogP contribution is 2.40. The van der Waals surface area contributed by atoms with Crippen molar-refractivity contribution in [3.8, 4) is 0 Å². The summed E-state index contributed by atoms with van der Waals surface area (Å²) in [7, 11) is 0. The third-order valence-corrected chi connectivity index (χ3v) is 4.84. The molecule has 1 N–H and O–H groups in total. The summed E-state index contributed by atoms with van der Waals surface area (Å²) >= 11 is 1.53. The van der Waals surface area contributed by atoms with Gasteiger partial charge in [0.1, 0.15) is 10.9 Å². The second-order valence-electron chi connectivity index (χ2n) is 5.73. The Bertz CT molecular complexity index is 685. The molecule has 1 atom stereocenters. The van der Waals surface area contributed by atoms with Gasteiger partial charge in [-0.3, -0.25) is 4.79 Å². The minimum absolute atomic E-state index is 0.0718. The zero-order valence-corrected chi connectivity index (χ0v) is 13.8. The molecule has 1 aliphatic carbocycles. The van der Waals surface area contributed by atoms with Gasteiger partial charge in [-0.25, -0.2) is 9.97 Å². The van der Waals surface area contributed by atoms with Crippen molar-refractivity contribution in [1.29, 1.82) is 0 Å². The van der Waals surface area contributed by atoms with Crippen LogP contribution in [-0.2, 0) is 4.79 Å². The summed E-state index contributed by atoms with van der Waals surface area (Å²) in [6.07, 6.45) is 3.30. The summed E-state index contributed by atoms with van der Waals surface area (Å²) in [4.78, 5) is 21.5. The molecule has 3 rings (SSSR count). The second kappa shape index (κ2) is 6.65. The molecule has 0 unspecified atom stereocenters. The van der Waals surface area contributed by atoms with Crippen LogP contribution in [0.2, 0.25) is 0 Å². The molecule has 2 aromatic rings. The van der Waals surface area contributed by atoms with Crippen LogP contribution in [0.5, 0.6) is 0 Å². The van der Waals surface area contributed by atoms with Crippen LogP contribution in [0.15, 0.2) is 29.3 Å². The highest BCUT2D eigenvalue weighted by atomic mass is 32.2. The minimum atomic E-state index is -0.156. The topological polar surface area (TPSA) is 54.9 Å². The van der Waals surface area contributed by atoms with Crippen molar-refractivity contribution >= 4 is 28.6 Å². The number of rotatable bonds is 6. The Morgan fingerprint density at radius 3 is 2.86 bits per heavy atom. The molecule has 1 saturated carbocycles. The maximum absolute atomic E-state index is 12.1. The lowest BCUT2D eigenvalue weighted by molar-refractivity contribution is -0.120. The lowest BCUT2D eigenvalue weighted by atomic mass is 10.2. The van der Waals surface area contributed by atoms with Crippen LogP contribution in [0.1, 0.15) is 44.9 Å². The van der Waals surface area contributed by atoms with E-state index in [0.717, 1.165) is 34.7 Å². The number of carbonyl (C=O) groups is 1. The van der Waals surface area contributed by atoms with Gasteiger partial charge in [-0.1, -0.05) is 36.9 Å². The van der Waals surface area contributed by atoms with E-state index >= 15 is 0 Å². The number of hydrogen-bond donors (Lipinski definition) is 1. The van der Waals surface area contributed by atoms with Crippen molar-refractivity contribution in [2.75, 3.05) is 6.54 Å². The number of hydrogen-bond acceptors (Lipinski definition) is 4. The zero-order chi connectivity index (χ0) is 15.5. The van der Waals surface area contributed by atoms with Crippen LogP contribution in [0.3, 0.4) is 0 Å². The van der Waals surface area contributed by atoms with E-state index < -0.39 is 0 Å². The van der Waals surface area contributed by atoms with Crippen molar-refractivity contribution in [3.05, 3.63) is 30.1 Å². The van der Waals surface area contributed by atoms with Gasteiger partial charge in [-0.05, 0) is 32.3 Å². The fourth-order valence-electron chi connectivity index (χ4n) is 2.29. The molecular formula is C17H21N3OS. The third-order valence-electron chi connectivity index (χ3n) is 3.73. The fourth-order valence-corrected chi connectivity index (χ4v) is 3.26. The standard InChI is InChI=1S/C17H21N3OS/c1-3-10-18-16(21)11(2)22-17-13-6-4-5-7-14(13)19-15(20-17)12-8-9-12/h4-7,11-12H,3,8-10H2,1-2H3,(H,18,21)/t11-/m1/s1. The van der Waals surface area contributed by atoms with Gasteiger partial charge < -0.3 is 5.32 Å². The fraction of sp³-hybridized carbons (Fsp3) is 0.471. The number of carbonyl (C=O) groups excluding carboxylic acids is 1. The minimum Gasteiger partial charge on any atom is -0.355 e. The van der Waals surface area contributed by atoms with Gasteiger partial charge in [0.15, 0.2) is 0 Å². The number of thioether (sulfide) groups is 1. The second-order valence-corrected chi connectivity index (χ2v) is 7.06. The van der Waals surface area contributed by atoms with Crippen molar-refractivity contribution in [2.24, 2.45) is 0 Å². The number of fused-ring (bicyclic) bond motifs is 1. The average molecular weight is 315 g/mol. The first-order chi connectivity index (χ1) is 10.7. The predicted octanol–water partition coefficient (Wildman–Crippen LogP) is 3.51. The van der Waals surface area contributed by atoms with E-state index in [9.17, 15) is 4.79 Å². The van der Waals surface area contributed by atoms with E-state index in [1.54, 1.807) is 0 Å². The molecule has 0 bridgehead atoms. The first kappa shape index (κ1) is 15.3. The van der Waals surface area contributed by atoms with E-state index in [-0.39, 0.29) is 11.2 Å². The van der Waals surface area contributed by atoms with E-state index in [4.69, 9.17) is 4.98 Å². The van der Waals surface area contributed by atoms with Crippen LogP contribution in [0, 0.1) is 0 Å². The van der Waals surface area contributed by atoms with Gasteiger partial charge in [0.2, 0.25) is 5.91 Å². The van der Waals surface area contributed by atoms with Gasteiger partial charge in [0, 0.05) is 17.8 Å². The average Bonchev–Trinajstić information content (AvgIpc) is 3.37. The number of benzene rings is 1. The van der Waals surface area contributed by atoms with Crippen LogP contribution in [0.4, 0.5) is 0 Å². The van der Waals surface area contributed by atoms with Crippen molar-refractivity contribution in [1.82, 2.24) is 15.3 Å². The van der Waals surface area contributed by atoms with Gasteiger partial charge in [0.25, 0.3) is 0 Å². The summed E-state index contributed by atoms with van der Waals surface area (Å²) in [5, 5.41) is 4.75. The molecule has 4 nitrogen and oxygen atoms in total. The first-order valence-electron chi connectivity index (χ1n) is 7.90. The molecule has 0 saturated heterocycles. The predicted molar refractivity (Wildman–Crippen MR) is 90.1 cm³/mol. The Balaban J connectivity index is 1.86. The molecule has 22 heavy (non-hydrogen) atoms. The van der Waals surface area contributed by atoms with Gasteiger partial charge in [-0.15, -0.1) is 0 Å². The summed E-state index contributed by atoms with van der Waals surface area (Å²) in [6, 6.07) is 8.05. The molecule has 1 aromatic heterocycles. The Morgan fingerprint density at radius 1 is 1.36 bits per heavy atom. The third kappa shape index (κ3) is 3.40. The van der Waals surface area contributed by atoms with Crippen LogP contribution in [0.25, 0.3) is 10.9 Å². The van der Waals surface area contributed by atoms with Crippen LogP contribution >= 0.6 is 11.8 Å². The Kier molecular flexibility index (Phi) is 4.62.